The second-order valence-corrected chi connectivity index (χ2v) is 6.51. The summed E-state index contributed by atoms with van der Waals surface area (Å²) in [7, 11) is 0. The van der Waals surface area contributed by atoms with Crippen molar-refractivity contribution in [1.82, 2.24) is 4.90 Å². The highest BCUT2D eigenvalue weighted by molar-refractivity contribution is 5.78. The Morgan fingerprint density at radius 1 is 1.40 bits per heavy atom. The molecule has 4 nitrogen and oxygen atoms in total. The molecular weight excluding hydrogens is 252 g/mol. The molecule has 2 aliphatic carbocycles. The minimum absolute atomic E-state index is 0.200. The summed E-state index contributed by atoms with van der Waals surface area (Å²) in [6.07, 6.45) is 7.00. The first-order chi connectivity index (χ1) is 9.56. The van der Waals surface area contributed by atoms with Gasteiger partial charge in [0.05, 0.1) is 6.54 Å². The van der Waals surface area contributed by atoms with Gasteiger partial charge in [0.25, 0.3) is 0 Å². The third kappa shape index (κ3) is 3.06. The van der Waals surface area contributed by atoms with Gasteiger partial charge in [-0.2, -0.15) is 0 Å². The third-order valence-electron chi connectivity index (χ3n) is 4.53. The molecule has 0 spiro atoms. The summed E-state index contributed by atoms with van der Waals surface area (Å²) in [4.78, 5) is 14.6. The van der Waals surface area contributed by atoms with Gasteiger partial charge in [-0.15, -0.1) is 0 Å². The number of hydrogen-bond donors (Lipinski definition) is 1. The van der Waals surface area contributed by atoms with Gasteiger partial charge in [0, 0.05) is 18.0 Å². The maximum Gasteiger partial charge on any atom is 0.225 e. The average Bonchev–Trinajstić information content (AvgIpc) is 3.02. The third-order valence-corrected chi connectivity index (χ3v) is 4.53. The van der Waals surface area contributed by atoms with Crippen LogP contribution in [0.1, 0.15) is 56.5 Å². The number of amides is 1. The molecular formula is C16H24N2O2. The first kappa shape index (κ1) is 13.7. The fraction of sp³-hybridized carbons (Fsp3) is 0.688. The van der Waals surface area contributed by atoms with Crippen molar-refractivity contribution in [3.63, 3.8) is 0 Å². The fourth-order valence-electron chi connectivity index (χ4n) is 3.20. The number of aryl methyl sites for hydroxylation is 1. The van der Waals surface area contributed by atoms with Crippen LogP contribution in [0.25, 0.3) is 0 Å². The van der Waals surface area contributed by atoms with Crippen LogP contribution in [-0.2, 0) is 11.3 Å². The number of nitrogens with two attached hydrogens (primary N) is 1. The summed E-state index contributed by atoms with van der Waals surface area (Å²) in [5, 5.41) is 0. The van der Waals surface area contributed by atoms with Crippen LogP contribution >= 0.6 is 0 Å². The molecule has 4 heteroatoms. The van der Waals surface area contributed by atoms with Crippen LogP contribution in [-0.4, -0.2) is 22.4 Å². The zero-order valence-corrected chi connectivity index (χ0v) is 12.2. The van der Waals surface area contributed by atoms with Gasteiger partial charge in [-0.05, 0) is 44.7 Å². The summed E-state index contributed by atoms with van der Waals surface area (Å²) in [6.45, 7) is 2.52. The largest absolute Gasteiger partial charge is 0.464 e. The topological polar surface area (TPSA) is 59.5 Å². The van der Waals surface area contributed by atoms with E-state index in [1.54, 1.807) is 0 Å². The van der Waals surface area contributed by atoms with Gasteiger partial charge >= 0.3 is 0 Å². The zero-order valence-electron chi connectivity index (χ0n) is 12.2. The van der Waals surface area contributed by atoms with E-state index in [0.717, 1.165) is 50.0 Å². The highest BCUT2D eigenvalue weighted by Gasteiger charge is 2.38. The molecule has 3 rings (SSSR count). The molecule has 2 fully saturated rings. The van der Waals surface area contributed by atoms with E-state index in [1.807, 2.05) is 24.0 Å². The van der Waals surface area contributed by atoms with Crippen molar-refractivity contribution in [1.29, 1.82) is 0 Å². The zero-order chi connectivity index (χ0) is 14.2. The Kier molecular flexibility index (Phi) is 3.59. The molecule has 1 heterocycles. The van der Waals surface area contributed by atoms with E-state index in [0.29, 0.717) is 19.0 Å². The fourth-order valence-corrected chi connectivity index (χ4v) is 3.20. The van der Waals surface area contributed by atoms with E-state index in [9.17, 15) is 4.79 Å². The van der Waals surface area contributed by atoms with E-state index in [1.165, 1.54) is 0 Å². The number of furan rings is 1. The lowest BCUT2D eigenvalue weighted by molar-refractivity contribution is -0.134. The van der Waals surface area contributed by atoms with Gasteiger partial charge in [0.15, 0.2) is 0 Å². The number of carbonyl (C=O) groups excluding carboxylic acids is 1. The predicted octanol–water partition coefficient (Wildman–Crippen LogP) is 2.74. The normalized spacial score (nSPS) is 21.1. The second kappa shape index (κ2) is 5.24. The van der Waals surface area contributed by atoms with Gasteiger partial charge in [0.2, 0.25) is 5.91 Å². The molecule has 0 aliphatic heterocycles. The van der Waals surface area contributed by atoms with Crippen molar-refractivity contribution in [2.75, 3.05) is 0 Å². The van der Waals surface area contributed by atoms with Crippen molar-refractivity contribution in [3.8, 4) is 0 Å². The Hall–Kier alpha value is -1.29. The van der Waals surface area contributed by atoms with E-state index < -0.39 is 0 Å². The Bertz CT molecular complexity index is 484. The maximum atomic E-state index is 12.6. The van der Waals surface area contributed by atoms with Crippen molar-refractivity contribution in [2.24, 2.45) is 5.73 Å². The average molecular weight is 276 g/mol. The van der Waals surface area contributed by atoms with Crippen LogP contribution in [0, 0.1) is 6.92 Å². The molecule has 2 N–H and O–H groups in total. The SMILES string of the molecule is Cc1ccc(CN(C(=O)CC2(N)CCCC2)C2CC2)o1. The molecule has 2 saturated carbocycles. The van der Waals surface area contributed by atoms with E-state index in [4.69, 9.17) is 10.2 Å². The lowest BCUT2D eigenvalue weighted by Gasteiger charge is -2.28. The Morgan fingerprint density at radius 2 is 2.10 bits per heavy atom. The predicted molar refractivity (Wildman–Crippen MR) is 77.0 cm³/mol. The second-order valence-electron chi connectivity index (χ2n) is 6.51. The van der Waals surface area contributed by atoms with Crippen molar-refractivity contribution < 1.29 is 9.21 Å². The van der Waals surface area contributed by atoms with Crippen LogP contribution in [0.2, 0.25) is 0 Å². The minimum atomic E-state index is -0.261. The van der Waals surface area contributed by atoms with Crippen molar-refractivity contribution in [3.05, 3.63) is 23.7 Å². The van der Waals surface area contributed by atoms with Gasteiger partial charge < -0.3 is 15.1 Å². The summed E-state index contributed by atoms with van der Waals surface area (Å²) >= 11 is 0. The highest BCUT2D eigenvalue weighted by atomic mass is 16.3. The molecule has 2 aliphatic rings. The summed E-state index contributed by atoms with van der Waals surface area (Å²) in [5.74, 6) is 1.97. The molecule has 1 aromatic heterocycles. The minimum Gasteiger partial charge on any atom is -0.464 e. The molecule has 1 amide bonds. The van der Waals surface area contributed by atoms with Crippen LogP contribution in [0.4, 0.5) is 0 Å². The number of rotatable bonds is 5. The Balaban J connectivity index is 1.65. The van der Waals surface area contributed by atoms with E-state index in [2.05, 4.69) is 0 Å². The summed E-state index contributed by atoms with van der Waals surface area (Å²) < 4.78 is 5.61. The molecule has 0 unspecified atom stereocenters. The van der Waals surface area contributed by atoms with E-state index in [-0.39, 0.29) is 11.4 Å². The lowest BCUT2D eigenvalue weighted by Crippen LogP contribution is -2.44. The van der Waals surface area contributed by atoms with Gasteiger partial charge in [-0.25, -0.2) is 0 Å². The van der Waals surface area contributed by atoms with Crippen LogP contribution in [0.15, 0.2) is 16.5 Å². The van der Waals surface area contributed by atoms with Crippen LogP contribution in [0.3, 0.4) is 0 Å². The molecule has 0 radical (unpaired) electrons. The Morgan fingerprint density at radius 3 is 2.65 bits per heavy atom. The molecule has 0 atom stereocenters. The smallest absolute Gasteiger partial charge is 0.225 e. The maximum absolute atomic E-state index is 12.6. The Labute approximate surface area is 120 Å². The molecule has 20 heavy (non-hydrogen) atoms. The van der Waals surface area contributed by atoms with Crippen LogP contribution < -0.4 is 5.73 Å². The first-order valence-electron chi connectivity index (χ1n) is 7.69. The van der Waals surface area contributed by atoms with Crippen molar-refractivity contribution >= 4 is 5.91 Å². The van der Waals surface area contributed by atoms with Gasteiger partial charge in [0.1, 0.15) is 11.5 Å². The molecule has 0 aromatic carbocycles. The monoisotopic (exact) mass is 276 g/mol. The summed E-state index contributed by atoms with van der Waals surface area (Å²) in [6, 6.07) is 4.32. The molecule has 0 bridgehead atoms. The highest BCUT2D eigenvalue weighted by Crippen LogP contribution is 2.34. The molecule has 0 saturated heterocycles. The van der Waals surface area contributed by atoms with E-state index >= 15 is 0 Å². The summed E-state index contributed by atoms with van der Waals surface area (Å²) in [5.41, 5.74) is 6.08. The number of carbonyl (C=O) groups is 1. The quantitative estimate of drug-likeness (QED) is 0.899. The molecule has 110 valence electrons. The first-order valence-corrected chi connectivity index (χ1v) is 7.69. The van der Waals surface area contributed by atoms with Crippen LogP contribution in [0.5, 0.6) is 0 Å². The lowest BCUT2D eigenvalue weighted by atomic mass is 9.94. The van der Waals surface area contributed by atoms with Gasteiger partial charge in [-0.3, -0.25) is 4.79 Å². The number of hydrogen-bond acceptors (Lipinski definition) is 3. The number of nitrogens with zero attached hydrogens (tertiary/aromatic N) is 1. The van der Waals surface area contributed by atoms with Gasteiger partial charge in [-0.1, -0.05) is 12.8 Å². The molecule has 1 aromatic rings. The standard InChI is InChI=1S/C16H24N2O2/c1-12-4-7-14(20-12)11-18(13-5-6-13)15(19)10-16(17)8-2-3-9-16/h4,7,13H,2-3,5-6,8-11,17H2,1H3. The van der Waals surface area contributed by atoms with Crippen molar-refractivity contribution in [2.45, 2.75) is 70.0 Å².